The number of rotatable bonds is 3. The molecule has 0 bridgehead atoms. The summed E-state index contributed by atoms with van der Waals surface area (Å²) in [7, 11) is 0. The molecule has 26 heavy (non-hydrogen) atoms. The second-order valence-electron chi connectivity index (χ2n) is 7.78. The fourth-order valence-electron chi connectivity index (χ4n) is 3.70. The van der Waals surface area contributed by atoms with E-state index < -0.39 is 0 Å². The second-order valence-corrected chi connectivity index (χ2v) is 7.78. The molecule has 2 N–H and O–H groups in total. The molecule has 0 radical (unpaired) electrons. The molecule has 0 fully saturated rings. The first-order valence-corrected chi connectivity index (χ1v) is 9.16. The molecular formula is C23H25NO2. The molecule has 0 aliphatic carbocycles. The number of aromatic amines is 1. The first-order chi connectivity index (χ1) is 12.4. The minimum Gasteiger partial charge on any atom is -0.508 e. The molecule has 0 spiro atoms. The molecule has 2 heterocycles. The van der Waals surface area contributed by atoms with Crippen molar-refractivity contribution in [3.05, 3.63) is 53.1 Å². The molecule has 3 heteroatoms. The Morgan fingerprint density at radius 3 is 2.81 bits per heavy atom. The normalized spacial score (nSPS) is 18.8. The van der Waals surface area contributed by atoms with E-state index in [1.54, 1.807) is 6.07 Å². The number of aromatic nitrogens is 1. The molecule has 1 aliphatic heterocycles. The van der Waals surface area contributed by atoms with Crippen molar-refractivity contribution >= 4 is 27.9 Å². The summed E-state index contributed by atoms with van der Waals surface area (Å²) in [6, 6.07) is 8.01. The van der Waals surface area contributed by atoms with Gasteiger partial charge < -0.3 is 14.8 Å². The van der Waals surface area contributed by atoms with Gasteiger partial charge in [0.05, 0.1) is 11.0 Å². The zero-order valence-corrected chi connectivity index (χ0v) is 15.8. The van der Waals surface area contributed by atoms with Gasteiger partial charge in [-0.05, 0) is 76.5 Å². The molecule has 1 atom stereocenters. The minimum atomic E-state index is -0.284. The van der Waals surface area contributed by atoms with E-state index in [0.717, 1.165) is 51.5 Å². The third-order valence-electron chi connectivity index (χ3n) is 5.23. The molecule has 0 saturated heterocycles. The lowest BCUT2D eigenvalue weighted by Gasteiger charge is -2.31. The number of ether oxygens (including phenoxy) is 1. The van der Waals surface area contributed by atoms with E-state index in [9.17, 15) is 5.11 Å². The number of H-pyrrole nitrogens is 1. The average molecular weight is 347 g/mol. The van der Waals surface area contributed by atoms with Crippen LogP contribution in [-0.4, -0.2) is 15.7 Å². The van der Waals surface area contributed by atoms with Crippen molar-refractivity contribution in [2.45, 2.75) is 46.1 Å². The molecule has 0 saturated carbocycles. The summed E-state index contributed by atoms with van der Waals surface area (Å²) in [6.45, 7) is 8.32. The van der Waals surface area contributed by atoms with Crippen LogP contribution in [0.2, 0.25) is 0 Å². The third-order valence-corrected chi connectivity index (χ3v) is 5.23. The van der Waals surface area contributed by atoms with Crippen LogP contribution in [-0.2, 0) is 0 Å². The number of aromatic hydroxyl groups is 1. The molecule has 4 rings (SSSR count). The van der Waals surface area contributed by atoms with E-state index in [1.807, 2.05) is 13.0 Å². The standard InChI is InChI=1S/C23H25NO2/c1-14(2)6-5-10-23(4)11-9-17-21(26-23)8-7-16-18-12-15(3)20(25)13-19(18)24-22(16)17/h6-9,11-13,24-25H,5,10H2,1-4H3/t23-/m1/s1. The molecule has 1 aromatic heterocycles. The molecule has 134 valence electrons. The Bertz CT molecular complexity index is 1070. The molecule has 2 aromatic carbocycles. The summed E-state index contributed by atoms with van der Waals surface area (Å²) in [5.41, 5.74) is 5.03. The molecule has 0 unspecified atom stereocenters. The number of phenols is 1. The van der Waals surface area contributed by atoms with E-state index in [4.69, 9.17) is 4.74 Å². The number of hydrogen-bond donors (Lipinski definition) is 2. The Hall–Kier alpha value is -2.68. The van der Waals surface area contributed by atoms with Crippen molar-refractivity contribution in [3.63, 3.8) is 0 Å². The number of nitrogens with one attached hydrogen (secondary N) is 1. The van der Waals surface area contributed by atoms with Crippen LogP contribution in [0.25, 0.3) is 27.9 Å². The Balaban J connectivity index is 1.77. The van der Waals surface area contributed by atoms with Gasteiger partial charge in [0.2, 0.25) is 0 Å². The highest BCUT2D eigenvalue weighted by molar-refractivity contribution is 6.11. The van der Waals surface area contributed by atoms with E-state index >= 15 is 0 Å². The van der Waals surface area contributed by atoms with Gasteiger partial charge in [-0.1, -0.05) is 11.6 Å². The minimum absolute atomic E-state index is 0.284. The maximum atomic E-state index is 10.0. The Morgan fingerprint density at radius 1 is 1.23 bits per heavy atom. The average Bonchev–Trinajstić information content (AvgIpc) is 2.92. The van der Waals surface area contributed by atoms with Crippen LogP contribution in [0.3, 0.4) is 0 Å². The first kappa shape index (κ1) is 16.8. The Morgan fingerprint density at radius 2 is 2.04 bits per heavy atom. The van der Waals surface area contributed by atoms with Gasteiger partial charge in [0, 0.05) is 22.4 Å². The van der Waals surface area contributed by atoms with Crippen molar-refractivity contribution in [2.75, 3.05) is 0 Å². The van der Waals surface area contributed by atoms with Crippen molar-refractivity contribution < 1.29 is 9.84 Å². The highest BCUT2D eigenvalue weighted by atomic mass is 16.5. The van der Waals surface area contributed by atoms with E-state index in [1.165, 1.54) is 5.57 Å². The maximum Gasteiger partial charge on any atom is 0.129 e. The SMILES string of the molecule is CC(C)=CCC[C@]1(C)C=Cc2c(ccc3c2[nH]c2cc(O)c(C)cc23)O1. The summed E-state index contributed by atoms with van der Waals surface area (Å²) in [5, 5.41) is 12.3. The number of fused-ring (bicyclic) bond motifs is 5. The predicted molar refractivity (Wildman–Crippen MR) is 109 cm³/mol. The quantitative estimate of drug-likeness (QED) is 0.550. The van der Waals surface area contributed by atoms with Crippen LogP contribution in [0, 0.1) is 6.92 Å². The number of allylic oxidation sites excluding steroid dienone is 2. The lowest BCUT2D eigenvalue weighted by atomic mass is 9.94. The van der Waals surface area contributed by atoms with Crippen molar-refractivity contribution in [3.8, 4) is 11.5 Å². The van der Waals surface area contributed by atoms with Crippen LogP contribution in [0.5, 0.6) is 11.5 Å². The molecule has 0 amide bonds. The van der Waals surface area contributed by atoms with Gasteiger partial charge in [0.15, 0.2) is 0 Å². The number of phenolic OH excluding ortho intramolecular Hbond substituents is 1. The van der Waals surface area contributed by atoms with Gasteiger partial charge in [0.1, 0.15) is 17.1 Å². The van der Waals surface area contributed by atoms with Crippen LogP contribution in [0.1, 0.15) is 44.7 Å². The maximum absolute atomic E-state index is 10.0. The van der Waals surface area contributed by atoms with Crippen LogP contribution in [0.15, 0.2) is 42.0 Å². The van der Waals surface area contributed by atoms with Crippen LogP contribution in [0.4, 0.5) is 0 Å². The summed E-state index contributed by atoms with van der Waals surface area (Å²) in [5.74, 6) is 1.23. The zero-order chi connectivity index (χ0) is 18.5. The topological polar surface area (TPSA) is 45.2 Å². The largest absolute Gasteiger partial charge is 0.508 e. The molecule has 3 nitrogen and oxygen atoms in total. The summed E-state index contributed by atoms with van der Waals surface area (Å²) >= 11 is 0. The van der Waals surface area contributed by atoms with Crippen molar-refractivity contribution in [2.24, 2.45) is 0 Å². The van der Waals surface area contributed by atoms with Crippen molar-refractivity contribution in [1.29, 1.82) is 0 Å². The van der Waals surface area contributed by atoms with Gasteiger partial charge in [-0.2, -0.15) is 0 Å². The molecule has 3 aromatic rings. The van der Waals surface area contributed by atoms with Crippen molar-refractivity contribution in [1.82, 2.24) is 4.98 Å². The van der Waals surface area contributed by atoms with Crippen LogP contribution < -0.4 is 4.74 Å². The monoisotopic (exact) mass is 347 g/mol. The summed E-state index contributed by atoms with van der Waals surface area (Å²) in [6.07, 6.45) is 8.55. The Kier molecular flexibility index (Phi) is 3.83. The molecular weight excluding hydrogens is 322 g/mol. The van der Waals surface area contributed by atoms with E-state index in [0.29, 0.717) is 5.75 Å². The fourth-order valence-corrected chi connectivity index (χ4v) is 3.70. The second kappa shape index (κ2) is 5.94. The fraction of sp³-hybridized carbons (Fsp3) is 0.304. The van der Waals surface area contributed by atoms with Gasteiger partial charge in [-0.3, -0.25) is 0 Å². The van der Waals surface area contributed by atoms with E-state index in [-0.39, 0.29) is 5.60 Å². The Labute approximate surface area is 154 Å². The number of aryl methyl sites for hydroxylation is 1. The lowest BCUT2D eigenvalue weighted by Crippen LogP contribution is -2.31. The highest BCUT2D eigenvalue weighted by Crippen LogP contribution is 2.40. The first-order valence-electron chi connectivity index (χ1n) is 9.16. The summed E-state index contributed by atoms with van der Waals surface area (Å²) in [4.78, 5) is 3.46. The lowest BCUT2D eigenvalue weighted by molar-refractivity contribution is 0.129. The molecule has 1 aliphatic rings. The number of benzene rings is 2. The van der Waals surface area contributed by atoms with E-state index in [2.05, 4.69) is 56.1 Å². The predicted octanol–water partition coefficient (Wildman–Crippen LogP) is 6.25. The highest BCUT2D eigenvalue weighted by Gasteiger charge is 2.28. The van der Waals surface area contributed by atoms with Gasteiger partial charge in [-0.25, -0.2) is 0 Å². The summed E-state index contributed by atoms with van der Waals surface area (Å²) < 4.78 is 6.37. The van der Waals surface area contributed by atoms with Gasteiger partial charge in [-0.15, -0.1) is 0 Å². The zero-order valence-electron chi connectivity index (χ0n) is 15.8. The van der Waals surface area contributed by atoms with Gasteiger partial charge >= 0.3 is 0 Å². The number of hydrogen-bond acceptors (Lipinski definition) is 2. The van der Waals surface area contributed by atoms with Crippen LogP contribution >= 0.6 is 0 Å². The van der Waals surface area contributed by atoms with Gasteiger partial charge in [0.25, 0.3) is 0 Å². The third kappa shape index (κ3) is 2.78. The smallest absolute Gasteiger partial charge is 0.129 e.